The molecule has 2 N–H and O–H groups in total. The lowest BCUT2D eigenvalue weighted by Crippen LogP contribution is -2.24. The first kappa shape index (κ1) is 11.5. The van der Waals surface area contributed by atoms with Crippen LogP contribution in [0.2, 0.25) is 0 Å². The Bertz CT molecular complexity index is 319. The SMILES string of the molecule is COC(CN)Cc1nc(C2CCCO2)no1. The summed E-state index contributed by atoms with van der Waals surface area (Å²) in [6.45, 7) is 1.21. The van der Waals surface area contributed by atoms with Crippen molar-refractivity contribution in [3.8, 4) is 0 Å². The number of ether oxygens (including phenoxy) is 2. The average Bonchev–Trinajstić information content (AvgIpc) is 2.96. The Labute approximate surface area is 94.1 Å². The van der Waals surface area contributed by atoms with E-state index in [0.717, 1.165) is 19.4 Å². The Morgan fingerprint density at radius 1 is 1.62 bits per heavy atom. The number of nitrogens with two attached hydrogens (primary N) is 1. The lowest BCUT2D eigenvalue weighted by molar-refractivity contribution is 0.101. The zero-order valence-electron chi connectivity index (χ0n) is 9.39. The van der Waals surface area contributed by atoms with E-state index in [1.54, 1.807) is 7.11 Å². The largest absolute Gasteiger partial charge is 0.380 e. The van der Waals surface area contributed by atoms with Crippen LogP contribution in [0, 0.1) is 0 Å². The minimum Gasteiger partial charge on any atom is -0.380 e. The fraction of sp³-hybridized carbons (Fsp3) is 0.800. The lowest BCUT2D eigenvalue weighted by atomic mass is 10.2. The fourth-order valence-corrected chi connectivity index (χ4v) is 1.72. The predicted octanol–water partition coefficient (Wildman–Crippen LogP) is 0.437. The quantitative estimate of drug-likeness (QED) is 0.785. The maximum Gasteiger partial charge on any atom is 0.229 e. The smallest absolute Gasteiger partial charge is 0.229 e. The highest BCUT2D eigenvalue weighted by Crippen LogP contribution is 2.26. The van der Waals surface area contributed by atoms with E-state index in [4.69, 9.17) is 19.7 Å². The molecule has 16 heavy (non-hydrogen) atoms. The Balaban J connectivity index is 1.96. The summed E-state index contributed by atoms with van der Waals surface area (Å²) < 4.78 is 15.8. The van der Waals surface area contributed by atoms with Gasteiger partial charge in [-0.15, -0.1) is 0 Å². The molecule has 2 unspecified atom stereocenters. The van der Waals surface area contributed by atoms with Crippen molar-refractivity contribution in [2.24, 2.45) is 5.73 Å². The van der Waals surface area contributed by atoms with Crippen molar-refractivity contribution in [3.63, 3.8) is 0 Å². The van der Waals surface area contributed by atoms with E-state index < -0.39 is 0 Å². The zero-order valence-corrected chi connectivity index (χ0v) is 9.39. The maximum atomic E-state index is 5.52. The van der Waals surface area contributed by atoms with Crippen molar-refractivity contribution in [2.75, 3.05) is 20.3 Å². The van der Waals surface area contributed by atoms with Crippen LogP contribution in [0.4, 0.5) is 0 Å². The molecule has 1 aliphatic rings. The van der Waals surface area contributed by atoms with E-state index in [0.29, 0.717) is 24.7 Å². The molecule has 1 saturated heterocycles. The molecule has 0 aliphatic carbocycles. The average molecular weight is 227 g/mol. The number of aromatic nitrogens is 2. The first-order valence-electron chi connectivity index (χ1n) is 5.50. The first-order valence-corrected chi connectivity index (χ1v) is 5.50. The van der Waals surface area contributed by atoms with Gasteiger partial charge in [0, 0.05) is 20.3 Å². The van der Waals surface area contributed by atoms with Gasteiger partial charge in [0.05, 0.1) is 12.5 Å². The topological polar surface area (TPSA) is 83.4 Å². The second kappa shape index (κ2) is 5.38. The normalized spacial score (nSPS) is 22.5. The minimum absolute atomic E-state index is 0.00336. The van der Waals surface area contributed by atoms with Gasteiger partial charge in [0.1, 0.15) is 6.10 Å². The van der Waals surface area contributed by atoms with E-state index in [9.17, 15) is 0 Å². The molecule has 0 aromatic carbocycles. The third-order valence-electron chi connectivity index (χ3n) is 2.70. The van der Waals surface area contributed by atoms with E-state index in [2.05, 4.69) is 10.1 Å². The summed E-state index contributed by atoms with van der Waals surface area (Å²) in [5.74, 6) is 1.20. The van der Waals surface area contributed by atoms with Crippen LogP contribution in [0.15, 0.2) is 4.52 Å². The molecule has 0 bridgehead atoms. The maximum absolute atomic E-state index is 5.52. The molecule has 1 aromatic rings. The number of rotatable bonds is 5. The van der Waals surface area contributed by atoms with Crippen LogP contribution in [0.1, 0.15) is 30.7 Å². The molecular formula is C10H17N3O3. The molecule has 2 atom stereocenters. The lowest BCUT2D eigenvalue weighted by Gasteiger charge is -2.08. The summed E-state index contributed by atoms with van der Waals surface area (Å²) in [5, 5.41) is 3.91. The van der Waals surface area contributed by atoms with Gasteiger partial charge in [0.25, 0.3) is 0 Å². The van der Waals surface area contributed by atoms with Crippen molar-refractivity contribution in [1.29, 1.82) is 0 Å². The molecule has 0 spiro atoms. The molecule has 90 valence electrons. The number of nitrogens with zero attached hydrogens (tertiary/aromatic N) is 2. The Morgan fingerprint density at radius 2 is 2.50 bits per heavy atom. The molecule has 1 aliphatic heterocycles. The highest BCUT2D eigenvalue weighted by atomic mass is 16.5. The van der Waals surface area contributed by atoms with Gasteiger partial charge in [-0.25, -0.2) is 0 Å². The van der Waals surface area contributed by atoms with Gasteiger partial charge in [-0.1, -0.05) is 5.16 Å². The summed E-state index contributed by atoms with van der Waals surface area (Å²) in [4.78, 5) is 4.29. The molecule has 0 radical (unpaired) electrons. The van der Waals surface area contributed by atoms with Crippen LogP contribution in [0.3, 0.4) is 0 Å². The Hall–Kier alpha value is -0.980. The van der Waals surface area contributed by atoms with Gasteiger partial charge >= 0.3 is 0 Å². The molecule has 6 nitrogen and oxygen atoms in total. The molecule has 1 fully saturated rings. The molecule has 0 saturated carbocycles. The minimum atomic E-state index is -0.0715. The van der Waals surface area contributed by atoms with Gasteiger partial charge in [-0.2, -0.15) is 4.98 Å². The number of hydrogen-bond acceptors (Lipinski definition) is 6. The monoisotopic (exact) mass is 227 g/mol. The molecule has 6 heteroatoms. The second-order valence-corrected chi connectivity index (χ2v) is 3.85. The van der Waals surface area contributed by atoms with E-state index in [1.807, 2.05) is 0 Å². The molecule has 1 aromatic heterocycles. The fourth-order valence-electron chi connectivity index (χ4n) is 1.72. The van der Waals surface area contributed by atoms with Crippen molar-refractivity contribution in [1.82, 2.24) is 10.1 Å². The molecular weight excluding hydrogens is 210 g/mol. The van der Waals surface area contributed by atoms with E-state index in [1.165, 1.54) is 0 Å². The van der Waals surface area contributed by atoms with Crippen LogP contribution in [0.25, 0.3) is 0 Å². The highest BCUT2D eigenvalue weighted by Gasteiger charge is 2.23. The van der Waals surface area contributed by atoms with Crippen molar-refractivity contribution >= 4 is 0 Å². The second-order valence-electron chi connectivity index (χ2n) is 3.85. The third-order valence-corrected chi connectivity index (χ3v) is 2.70. The van der Waals surface area contributed by atoms with Crippen molar-refractivity contribution in [3.05, 3.63) is 11.7 Å². The van der Waals surface area contributed by atoms with Gasteiger partial charge in [-0.3, -0.25) is 0 Å². The van der Waals surface area contributed by atoms with Gasteiger partial charge < -0.3 is 19.7 Å². The highest BCUT2D eigenvalue weighted by molar-refractivity contribution is 4.94. The molecule has 0 amide bonds. The summed E-state index contributed by atoms with van der Waals surface area (Å²) in [6.07, 6.45) is 2.49. The Kier molecular flexibility index (Phi) is 3.87. The standard InChI is InChI=1S/C10H17N3O3/c1-14-7(6-11)5-9-12-10(13-16-9)8-3-2-4-15-8/h7-8H,2-6,11H2,1H3. The zero-order chi connectivity index (χ0) is 11.4. The first-order chi connectivity index (χ1) is 7.83. The summed E-state index contributed by atoms with van der Waals surface area (Å²) in [7, 11) is 1.62. The summed E-state index contributed by atoms with van der Waals surface area (Å²) in [5.41, 5.74) is 5.52. The summed E-state index contributed by atoms with van der Waals surface area (Å²) >= 11 is 0. The van der Waals surface area contributed by atoms with Crippen LogP contribution in [-0.2, 0) is 15.9 Å². The van der Waals surface area contributed by atoms with Crippen molar-refractivity contribution in [2.45, 2.75) is 31.5 Å². The Morgan fingerprint density at radius 3 is 3.12 bits per heavy atom. The number of methoxy groups -OCH3 is 1. The number of hydrogen-bond donors (Lipinski definition) is 1. The third kappa shape index (κ3) is 2.58. The van der Waals surface area contributed by atoms with Gasteiger partial charge in [0.15, 0.2) is 0 Å². The van der Waals surface area contributed by atoms with Crippen LogP contribution >= 0.6 is 0 Å². The van der Waals surface area contributed by atoms with Crippen molar-refractivity contribution < 1.29 is 14.0 Å². The van der Waals surface area contributed by atoms with Gasteiger partial charge in [0.2, 0.25) is 11.7 Å². The van der Waals surface area contributed by atoms with E-state index in [-0.39, 0.29) is 12.2 Å². The van der Waals surface area contributed by atoms with Gasteiger partial charge in [-0.05, 0) is 12.8 Å². The molecule has 2 rings (SSSR count). The summed E-state index contributed by atoms with van der Waals surface area (Å²) in [6, 6.07) is 0. The van der Waals surface area contributed by atoms with E-state index >= 15 is 0 Å². The van der Waals surface area contributed by atoms with Crippen LogP contribution in [-0.4, -0.2) is 36.5 Å². The molecule has 2 heterocycles. The van der Waals surface area contributed by atoms with Crippen LogP contribution in [0.5, 0.6) is 0 Å². The predicted molar refractivity (Wildman–Crippen MR) is 55.8 cm³/mol. The van der Waals surface area contributed by atoms with Crippen LogP contribution < -0.4 is 5.73 Å².